The molecule has 0 aliphatic rings. The number of carbonyl (C=O) groups excluding carboxylic acids is 3. The predicted molar refractivity (Wildman–Crippen MR) is 112 cm³/mol. The van der Waals surface area contributed by atoms with E-state index in [1.54, 1.807) is 0 Å². The van der Waals surface area contributed by atoms with Crippen molar-refractivity contribution >= 4 is 17.8 Å². The molecule has 0 aliphatic heterocycles. The lowest BCUT2D eigenvalue weighted by Crippen LogP contribution is -2.39. The summed E-state index contributed by atoms with van der Waals surface area (Å²) in [7, 11) is 0. The van der Waals surface area contributed by atoms with Crippen LogP contribution >= 0.6 is 0 Å². The number of esters is 2. The lowest BCUT2D eigenvalue weighted by molar-refractivity contribution is -0.154. The Bertz CT molecular complexity index is 455. The standard InChI is InChI=1S/C22H41NO6/c1-4-5-6-7-8-9-10-11-12-13-14-15-21(26)28-16-20(25)17-29-22(27)18(2)23-19(3)24/h18,20,25H,4-17H2,1-3H3,(H,23,24)/t18-,20?/m1/s1. The van der Waals surface area contributed by atoms with Gasteiger partial charge in [-0.3, -0.25) is 9.59 Å². The minimum atomic E-state index is -1.08. The quantitative estimate of drug-likeness (QED) is 0.262. The average molecular weight is 416 g/mol. The molecular weight excluding hydrogens is 374 g/mol. The summed E-state index contributed by atoms with van der Waals surface area (Å²) in [5.74, 6) is -1.34. The van der Waals surface area contributed by atoms with Crippen LogP contribution < -0.4 is 5.32 Å². The molecule has 2 atom stereocenters. The highest BCUT2D eigenvalue weighted by Crippen LogP contribution is 2.12. The molecule has 0 aromatic carbocycles. The van der Waals surface area contributed by atoms with Gasteiger partial charge in [0.05, 0.1) is 0 Å². The summed E-state index contributed by atoms with van der Waals surface area (Å²) < 4.78 is 9.88. The van der Waals surface area contributed by atoms with Gasteiger partial charge in [0.1, 0.15) is 25.4 Å². The van der Waals surface area contributed by atoms with E-state index in [9.17, 15) is 19.5 Å². The topological polar surface area (TPSA) is 102 Å². The van der Waals surface area contributed by atoms with Crippen molar-refractivity contribution in [2.75, 3.05) is 13.2 Å². The van der Waals surface area contributed by atoms with E-state index < -0.39 is 18.1 Å². The van der Waals surface area contributed by atoms with Gasteiger partial charge in [0, 0.05) is 13.3 Å². The van der Waals surface area contributed by atoms with Gasteiger partial charge in [-0.25, -0.2) is 4.79 Å². The average Bonchev–Trinajstić information content (AvgIpc) is 2.68. The summed E-state index contributed by atoms with van der Waals surface area (Å²) in [4.78, 5) is 34.1. The van der Waals surface area contributed by atoms with Gasteiger partial charge in [-0.05, 0) is 13.3 Å². The third-order valence-corrected chi connectivity index (χ3v) is 4.61. The number of amides is 1. The molecule has 1 amide bonds. The van der Waals surface area contributed by atoms with Crippen molar-refractivity contribution in [1.82, 2.24) is 5.32 Å². The van der Waals surface area contributed by atoms with Gasteiger partial charge in [0.25, 0.3) is 0 Å². The highest BCUT2D eigenvalue weighted by molar-refractivity contribution is 5.82. The summed E-state index contributed by atoms with van der Waals surface area (Å²) in [5.41, 5.74) is 0. The SMILES string of the molecule is CCCCCCCCCCCCCC(=O)OCC(O)COC(=O)[C@@H](C)NC(C)=O. The Hall–Kier alpha value is -1.63. The van der Waals surface area contributed by atoms with Crippen molar-refractivity contribution in [3.63, 3.8) is 0 Å². The van der Waals surface area contributed by atoms with Crippen LogP contribution in [0.5, 0.6) is 0 Å². The minimum absolute atomic E-state index is 0.210. The van der Waals surface area contributed by atoms with Crippen LogP contribution in [0.15, 0.2) is 0 Å². The fourth-order valence-electron chi connectivity index (χ4n) is 2.91. The Morgan fingerprint density at radius 1 is 0.828 bits per heavy atom. The summed E-state index contributed by atoms with van der Waals surface area (Å²) in [6.07, 6.45) is 12.6. The molecule has 7 heteroatoms. The molecule has 0 spiro atoms. The molecular formula is C22H41NO6. The molecule has 0 saturated heterocycles. The largest absolute Gasteiger partial charge is 0.463 e. The van der Waals surface area contributed by atoms with Gasteiger partial charge >= 0.3 is 11.9 Å². The zero-order valence-corrected chi connectivity index (χ0v) is 18.5. The van der Waals surface area contributed by atoms with Gasteiger partial charge < -0.3 is 19.9 Å². The zero-order chi connectivity index (χ0) is 21.9. The molecule has 0 radical (unpaired) electrons. The normalized spacial score (nSPS) is 12.8. The first-order chi connectivity index (χ1) is 13.9. The van der Waals surface area contributed by atoms with Crippen LogP contribution in [-0.2, 0) is 23.9 Å². The second-order valence-electron chi connectivity index (χ2n) is 7.67. The third-order valence-electron chi connectivity index (χ3n) is 4.61. The number of hydrogen-bond donors (Lipinski definition) is 2. The molecule has 170 valence electrons. The first kappa shape index (κ1) is 27.4. The molecule has 0 heterocycles. The molecule has 29 heavy (non-hydrogen) atoms. The van der Waals surface area contributed by atoms with E-state index in [-0.39, 0.29) is 25.1 Å². The van der Waals surface area contributed by atoms with E-state index in [0.29, 0.717) is 6.42 Å². The van der Waals surface area contributed by atoms with E-state index >= 15 is 0 Å². The Balaban J connectivity index is 3.54. The van der Waals surface area contributed by atoms with Crippen molar-refractivity contribution in [3.05, 3.63) is 0 Å². The molecule has 0 aromatic rings. The smallest absolute Gasteiger partial charge is 0.328 e. The number of nitrogens with one attached hydrogen (secondary N) is 1. The molecule has 7 nitrogen and oxygen atoms in total. The Kier molecular flexibility index (Phi) is 17.4. The number of hydrogen-bond acceptors (Lipinski definition) is 6. The van der Waals surface area contributed by atoms with Crippen LogP contribution in [0.3, 0.4) is 0 Å². The van der Waals surface area contributed by atoms with Crippen molar-refractivity contribution in [2.24, 2.45) is 0 Å². The second-order valence-corrected chi connectivity index (χ2v) is 7.67. The maximum atomic E-state index is 11.7. The van der Waals surface area contributed by atoms with Crippen LogP contribution in [-0.4, -0.2) is 48.3 Å². The van der Waals surface area contributed by atoms with Crippen LogP contribution in [0, 0.1) is 0 Å². The molecule has 1 unspecified atom stereocenters. The molecule has 0 bridgehead atoms. The van der Waals surface area contributed by atoms with E-state index in [1.807, 2.05) is 0 Å². The minimum Gasteiger partial charge on any atom is -0.463 e. The first-order valence-electron chi connectivity index (χ1n) is 11.1. The summed E-state index contributed by atoms with van der Waals surface area (Å²) in [6, 6.07) is -0.789. The molecule has 0 fully saturated rings. The third kappa shape index (κ3) is 18.2. The molecule has 0 saturated carbocycles. The van der Waals surface area contributed by atoms with Crippen molar-refractivity contribution in [2.45, 2.75) is 110 Å². The van der Waals surface area contributed by atoms with Gasteiger partial charge in [-0.15, -0.1) is 0 Å². The fraction of sp³-hybridized carbons (Fsp3) is 0.864. The number of carbonyl (C=O) groups is 3. The number of ether oxygens (including phenoxy) is 2. The van der Waals surface area contributed by atoms with E-state index in [0.717, 1.165) is 19.3 Å². The molecule has 0 aromatic heterocycles. The van der Waals surface area contributed by atoms with Gasteiger partial charge in [0.15, 0.2) is 0 Å². The monoisotopic (exact) mass is 415 g/mol. The second kappa shape index (κ2) is 18.4. The maximum absolute atomic E-state index is 11.7. The number of aliphatic hydroxyl groups excluding tert-OH is 1. The van der Waals surface area contributed by atoms with Crippen molar-refractivity contribution in [3.8, 4) is 0 Å². The van der Waals surface area contributed by atoms with E-state index in [4.69, 9.17) is 9.47 Å². The Morgan fingerprint density at radius 3 is 1.83 bits per heavy atom. The van der Waals surface area contributed by atoms with Crippen LogP contribution in [0.1, 0.15) is 97.8 Å². The van der Waals surface area contributed by atoms with E-state index in [1.165, 1.54) is 65.2 Å². The number of aliphatic hydroxyl groups is 1. The number of rotatable bonds is 18. The summed E-state index contributed by atoms with van der Waals surface area (Å²) >= 11 is 0. The lowest BCUT2D eigenvalue weighted by atomic mass is 10.1. The Labute approximate surface area is 175 Å². The van der Waals surface area contributed by atoms with Crippen molar-refractivity contribution < 1.29 is 29.0 Å². The molecule has 2 N–H and O–H groups in total. The predicted octanol–water partition coefficient (Wildman–Crippen LogP) is 3.66. The van der Waals surface area contributed by atoms with Gasteiger partial charge in [0.2, 0.25) is 5.91 Å². The molecule has 0 rings (SSSR count). The highest BCUT2D eigenvalue weighted by Gasteiger charge is 2.17. The van der Waals surface area contributed by atoms with Crippen LogP contribution in [0.25, 0.3) is 0 Å². The Morgan fingerprint density at radius 2 is 1.31 bits per heavy atom. The van der Waals surface area contributed by atoms with Crippen molar-refractivity contribution in [1.29, 1.82) is 0 Å². The fourth-order valence-corrected chi connectivity index (χ4v) is 2.91. The van der Waals surface area contributed by atoms with Crippen LogP contribution in [0.4, 0.5) is 0 Å². The maximum Gasteiger partial charge on any atom is 0.328 e. The van der Waals surface area contributed by atoms with Gasteiger partial charge in [-0.2, -0.15) is 0 Å². The van der Waals surface area contributed by atoms with Crippen LogP contribution in [0.2, 0.25) is 0 Å². The van der Waals surface area contributed by atoms with E-state index in [2.05, 4.69) is 12.2 Å². The summed E-state index contributed by atoms with van der Waals surface area (Å²) in [5, 5.41) is 12.1. The van der Waals surface area contributed by atoms with Gasteiger partial charge in [-0.1, -0.05) is 71.1 Å². The molecule has 0 aliphatic carbocycles. The lowest BCUT2D eigenvalue weighted by Gasteiger charge is -2.15. The number of unbranched alkanes of at least 4 members (excludes halogenated alkanes) is 10. The highest BCUT2D eigenvalue weighted by atomic mass is 16.6. The first-order valence-corrected chi connectivity index (χ1v) is 11.1. The zero-order valence-electron chi connectivity index (χ0n) is 18.5. The summed E-state index contributed by atoms with van der Waals surface area (Å²) in [6.45, 7) is 4.53.